The van der Waals surface area contributed by atoms with Crippen molar-refractivity contribution in [2.24, 2.45) is 0 Å². The van der Waals surface area contributed by atoms with Crippen LogP contribution in [0.25, 0.3) is 11.0 Å². The third-order valence-corrected chi connectivity index (χ3v) is 2.01. The topological polar surface area (TPSA) is 55.1 Å². The minimum atomic E-state index is -0.199. The number of amides is 1. The van der Waals surface area contributed by atoms with E-state index in [-0.39, 0.29) is 11.9 Å². The fourth-order valence-electron chi connectivity index (χ4n) is 1.38. The van der Waals surface area contributed by atoms with Crippen LogP contribution in [-0.2, 0) is 0 Å². The first kappa shape index (κ1) is 9.71. The second-order valence-electron chi connectivity index (χ2n) is 3.66. The van der Waals surface area contributed by atoms with Gasteiger partial charge in [0.1, 0.15) is 0 Å². The Kier molecular flexibility index (Phi) is 2.41. The van der Waals surface area contributed by atoms with Gasteiger partial charge in [-0.2, -0.15) is 0 Å². The summed E-state index contributed by atoms with van der Waals surface area (Å²) < 4.78 is 5.04. The highest BCUT2D eigenvalue weighted by Gasteiger charge is 2.15. The average Bonchev–Trinajstić information content (AvgIpc) is 2.59. The molecule has 15 heavy (non-hydrogen) atoms. The smallest absolute Gasteiger partial charge is 0.274 e. The van der Waals surface area contributed by atoms with Gasteiger partial charge in [0, 0.05) is 6.04 Å². The molecule has 0 bridgehead atoms. The highest BCUT2D eigenvalue weighted by atomic mass is 16.5. The number of hydrogen-bond donors (Lipinski definition) is 1. The van der Waals surface area contributed by atoms with Crippen LogP contribution in [0.1, 0.15) is 24.3 Å². The summed E-state index contributed by atoms with van der Waals surface area (Å²) in [6.45, 7) is 3.81. The van der Waals surface area contributed by atoms with Gasteiger partial charge in [-0.15, -0.1) is 0 Å². The maximum atomic E-state index is 11.7. The molecule has 1 heterocycles. The van der Waals surface area contributed by atoms with Gasteiger partial charge >= 0.3 is 0 Å². The number of nitrogens with zero attached hydrogens (tertiary/aromatic N) is 1. The molecule has 0 atom stereocenters. The van der Waals surface area contributed by atoms with E-state index in [0.717, 1.165) is 5.39 Å². The number of para-hydroxylation sites is 1. The van der Waals surface area contributed by atoms with Crippen LogP contribution in [-0.4, -0.2) is 17.1 Å². The number of carbonyl (C=O) groups excluding carboxylic acids is 1. The van der Waals surface area contributed by atoms with Crippen LogP contribution >= 0.6 is 0 Å². The van der Waals surface area contributed by atoms with Crippen LogP contribution in [0.3, 0.4) is 0 Å². The van der Waals surface area contributed by atoms with E-state index in [4.69, 9.17) is 4.52 Å². The number of carbonyl (C=O) groups is 1. The van der Waals surface area contributed by atoms with Crippen molar-refractivity contribution in [2.75, 3.05) is 0 Å². The lowest BCUT2D eigenvalue weighted by Gasteiger charge is -2.05. The minimum Gasteiger partial charge on any atom is -0.355 e. The molecular weight excluding hydrogens is 192 g/mol. The van der Waals surface area contributed by atoms with Crippen LogP contribution < -0.4 is 5.32 Å². The average molecular weight is 204 g/mol. The van der Waals surface area contributed by atoms with Gasteiger partial charge in [0.2, 0.25) is 0 Å². The zero-order chi connectivity index (χ0) is 10.8. The SMILES string of the molecule is CC(C)NC(=O)c1noc2ccccc12. The molecule has 0 unspecified atom stereocenters. The summed E-state index contributed by atoms with van der Waals surface area (Å²) >= 11 is 0. The molecule has 0 spiro atoms. The fraction of sp³-hybridized carbons (Fsp3) is 0.273. The summed E-state index contributed by atoms with van der Waals surface area (Å²) in [7, 11) is 0. The Morgan fingerprint density at radius 3 is 2.87 bits per heavy atom. The van der Waals surface area contributed by atoms with E-state index in [9.17, 15) is 4.79 Å². The molecule has 0 saturated carbocycles. The van der Waals surface area contributed by atoms with Crippen LogP contribution in [0.2, 0.25) is 0 Å². The molecule has 2 rings (SSSR count). The highest BCUT2D eigenvalue weighted by Crippen LogP contribution is 2.17. The Hall–Kier alpha value is -1.84. The molecule has 2 aromatic rings. The zero-order valence-corrected chi connectivity index (χ0v) is 8.65. The van der Waals surface area contributed by atoms with Crippen molar-refractivity contribution in [1.82, 2.24) is 10.5 Å². The number of nitrogens with one attached hydrogen (secondary N) is 1. The van der Waals surface area contributed by atoms with E-state index in [0.29, 0.717) is 11.3 Å². The van der Waals surface area contributed by atoms with Crippen molar-refractivity contribution >= 4 is 16.9 Å². The number of benzene rings is 1. The first-order valence-electron chi connectivity index (χ1n) is 4.84. The predicted molar refractivity (Wildman–Crippen MR) is 56.6 cm³/mol. The van der Waals surface area contributed by atoms with Gasteiger partial charge in [0.05, 0.1) is 5.39 Å². The Bertz CT molecular complexity index is 488. The van der Waals surface area contributed by atoms with Gasteiger partial charge < -0.3 is 9.84 Å². The quantitative estimate of drug-likeness (QED) is 0.813. The Labute approximate surface area is 87.2 Å². The van der Waals surface area contributed by atoms with Gasteiger partial charge in [-0.25, -0.2) is 0 Å². The maximum Gasteiger partial charge on any atom is 0.274 e. The number of fused-ring (bicyclic) bond motifs is 1. The summed E-state index contributed by atoms with van der Waals surface area (Å²) in [6, 6.07) is 7.40. The summed E-state index contributed by atoms with van der Waals surface area (Å²) in [5.74, 6) is -0.199. The van der Waals surface area contributed by atoms with E-state index in [1.165, 1.54) is 0 Å². The monoisotopic (exact) mass is 204 g/mol. The Balaban J connectivity index is 2.40. The molecule has 4 nitrogen and oxygen atoms in total. The van der Waals surface area contributed by atoms with Crippen LogP contribution in [0.5, 0.6) is 0 Å². The van der Waals surface area contributed by atoms with Crippen LogP contribution in [0.15, 0.2) is 28.8 Å². The second-order valence-corrected chi connectivity index (χ2v) is 3.66. The van der Waals surface area contributed by atoms with E-state index >= 15 is 0 Å². The number of aromatic nitrogens is 1. The lowest BCUT2D eigenvalue weighted by molar-refractivity contribution is 0.0935. The van der Waals surface area contributed by atoms with Gasteiger partial charge in [-0.3, -0.25) is 4.79 Å². The first-order valence-corrected chi connectivity index (χ1v) is 4.84. The van der Waals surface area contributed by atoms with Gasteiger partial charge in [-0.05, 0) is 26.0 Å². The standard InChI is InChI=1S/C11H12N2O2/c1-7(2)12-11(14)10-8-5-3-4-6-9(8)15-13-10/h3-7H,1-2H3,(H,12,14). The van der Waals surface area contributed by atoms with Crippen molar-refractivity contribution in [1.29, 1.82) is 0 Å². The lowest BCUT2D eigenvalue weighted by Crippen LogP contribution is -2.30. The molecule has 0 radical (unpaired) electrons. The van der Waals surface area contributed by atoms with Gasteiger partial charge in [-0.1, -0.05) is 17.3 Å². The maximum absolute atomic E-state index is 11.7. The largest absolute Gasteiger partial charge is 0.355 e. The molecule has 1 aromatic heterocycles. The zero-order valence-electron chi connectivity index (χ0n) is 8.65. The molecule has 1 aromatic carbocycles. The Morgan fingerprint density at radius 1 is 1.40 bits per heavy atom. The van der Waals surface area contributed by atoms with Crippen molar-refractivity contribution < 1.29 is 9.32 Å². The van der Waals surface area contributed by atoms with Gasteiger partial charge in [0.25, 0.3) is 5.91 Å². The molecule has 0 saturated heterocycles. The van der Waals surface area contributed by atoms with Crippen LogP contribution in [0.4, 0.5) is 0 Å². The first-order chi connectivity index (χ1) is 7.18. The summed E-state index contributed by atoms with van der Waals surface area (Å²) in [4.78, 5) is 11.7. The molecule has 1 amide bonds. The molecule has 1 N–H and O–H groups in total. The summed E-state index contributed by atoms with van der Waals surface area (Å²) in [5.41, 5.74) is 0.978. The molecule has 4 heteroatoms. The molecule has 0 aliphatic rings. The van der Waals surface area contributed by atoms with E-state index in [1.807, 2.05) is 32.0 Å². The lowest BCUT2D eigenvalue weighted by atomic mass is 10.2. The molecule has 0 fully saturated rings. The summed E-state index contributed by atoms with van der Waals surface area (Å²) in [6.07, 6.45) is 0. The predicted octanol–water partition coefficient (Wildman–Crippen LogP) is 1.97. The van der Waals surface area contributed by atoms with E-state index < -0.39 is 0 Å². The van der Waals surface area contributed by atoms with Crippen molar-refractivity contribution in [3.05, 3.63) is 30.0 Å². The molecule has 0 aliphatic heterocycles. The minimum absolute atomic E-state index is 0.0907. The molecular formula is C11H12N2O2. The van der Waals surface area contributed by atoms with Crippen molar-refractivity contribution in [3.8, 4) is 0 Å². The highest BCUT2D eigenvalue weighted by molar-refractivity contribution is 6.04. The van der Waals surface area contributed by atoms with Crippen molar-refractivity contribution in [3.63, 3.8) is 0 Å². The molecule has 78 valence electrons. The number of rotatable bonds is 2. The third-order valence-electron chi connectivity index (χ3n) is 2.01. The fourth-order valence-corrected chi connectivity index (χ4v) is 1.38. The second kappa shape index (κ2) is 3.73. The third kappa shape index (κ3) is 1.83. The van der Waals surface area contributed by atoms with E-state index in [2.05, 4.69) is 10.5 Å². The van der Waals surface area contributed by atoms with Crippen molar-refractivity contribution in [2.45, 2.75) is 19.9 Å². The van der Waals surface area contributed by atoms with E-state index in [1.54, 1.807) is 6.07 Å². The Morgan fingerprint density at radius 2 is 2.13 bits per heavy atom. The van der Waals surface area contributed by atoms with Gasteiger partial charge in [0.15, 0.2) is 11.3 Å². The molecule has 0 aliphatic carbocycles. The normalized spacial score (nSPS) is 10.9. The summed E-state index contributed by atoms with van der Waals surface area (Å²) in [5, 5.41) is 7.28. The number of hydrogen-bond acceptors (Lipinski definition) is 3. The van der Waals surface area contributed by atoms with Crippen LogP contribution in [0, 0.1) is 0 Å².